The van der Waals surface area contributed by atoms with Crippen LogP contribution in [0.25, 0.3) is 0 Å². The molecule has 1 aliphatic carbocycles. The van der Waals surface area contributed by atoms with Crippen molar-refractivity contribution in [2.24, 2.45) is 11.8 Å². The van der Waals surface area contributed by atoms with Crippen LogP contribution in [-0.4, -0.2) is 16.9 Å². The summed E-state index contributed by atoms with van der Waals surface area (Å²) < 4.78 is 0. The van der Waals surface area contributed by atoms with Crippen molar-refractivity contribution in [3.05, 3.63) is 39.9 Å². The molecule has 5 heteroatoms. The van der Waals surface area contributed by atoms with Gasteiger partial charge in [-0.1, -0.05) is 26.7 Å². The number of carbonyl (C=O) groups is 1. The van der Waals surface area contributed by atoms with E-state index in [4.69, 9.17) is 0 Å². The van der Waals surface area contributed by atoms with Crippen LogP contribution < -0.4 is 5.32 Å². The molecule has 5 nitrogen and oxygen atoms in total. The summed E-state index contributed by atoms with van der Waals surface area (Å²) in [6.45, 7) is 4.39. The Bertz CT molecular complexity index is 498. The largest absolute Gasteiger partial charge is 0.349 e. The first-order valence-corrected chi connectivity index (χ1v) is 7.04. The Morgan fingerprint density at radius 3 is 2.50 bits per heavy atom. The summed E-state index contributed by atoms with van der Waals surface area (Å²) in [4.78, 5) is 22.3. The molecule has 1 N–H and O–H groups in total. The Kier molecular flexibility index (Phi) is 4.37. The fourth-order valence-electron chi connectivity index (χ4n) is 2.77. The molecule has 0 aliphatic heterocycles. The van der Waals surface area contributed by atoms with Crippen molar-refractivity contribution < 1.29 is 9.72 Å². The lowest BCUT2D eigenvalue weighted by Crippen LogP contribution is -2.43. The van der Waals surface area contributed by atoms with Crippen LogP contribution in [0.5, 0.6) is 0 Å². The van der Waals surface area contributed by atoms with Gasteiger partial charge in [0.25, 0.3) is 11.6 Å². The van der Waals surface area contributed by atoms with E-state index < -0.39 is 4.92 Å². The smallest absolute Gasteiger partial charge is 0.269 e. The van der Waals surface area contributed by atoms with Crippen LogP contribution in [0, 0.1) is 22.0 Å². The highest BCUT2D eigenvalue weighted by atomic mass is 16.6. The van der Waals surface area contributed by atoms with E-state index >= 15 is 0 Å². The average molecular weight is 276 g/mol. The summed E-state index contributed by atoms with van der Waals surface area (Å²) >= 11 is 0. The van der Waals surface area contributed by atoms with Crippen molar-refractivity contribution >= 4 is 11.6 Å². The Morgan fingerprint density at radius 2 is 1.90 bits per heavy atom. The Hall–Kier alpha value is -1.91. The van der Waals surface area contributed by atoms with E-state index in [1.165, 1.54) is 30.7 Å². The van der Waals surface area contributed by atoms with Gasteiger partial charge in [-0.3, -0.25) is 14.9 Å². The molecule has 0 unspecified atom stereocenters. The minimum Gasteiger partial charge on any atom is -0.349 e. The van der Waals surface area contributed by atoms with E-state index in [2.05, 4.69) is 19.2 Å². The third kappa shape index (κ3) is 3.15. The molecule has 0 bridgehead atoms. The number of nitro benzene ring substituents is 1. The summed E-state index contributed by atoms with van der Waals surface area (Å²) in [5.41, 5.74) is 0.474. The van der Waals surface area contributed by atoms with Crippen LogP contribution in [0.3, 0.4) is 0 Å². The van der Waals surface area contributed by atoms with Crippen molar-refractivity contribution in [1.82, 2.24) is 5.32 Å². The number of nitrogens with zero attached hydrogens (tertiary/aromatic N) is 1. The second-order valence-electron chi connectivity index (χ2n) is 5.65. The zero-order valence-corrected chi connectivity index (χ0v) is 11.8. The predicted octanol–water partition coefficient (Wildman–Crippen LogP) is 3.15. The first kappa shape index (κ1) is 14.5. The molecule has 1 fully saturated rings. The van der Waals surface area contributed by atoms with Crippen molar-refractivity contribution in [2.45, 2.75) is 39.2 Å². The van der Waals surface area contributed by atoms with Gasteiger partial charge in [-0.25, -0.2) is 0 Å². The molecule has 0 heterocycles. The molecule has 0 spiro atoms. The van der Waals surface area contributed by atoms with E-state index in [0.717, 1.165) is 12.8 Å². The van der Waals surface area contributed by atoms with Crippen LogP contribution in [-0.2, 0) is 0 Å². The second kappa shape index (κ2) is 6.03. The molecule has 2 rings (SSSR count). The average Bonchev–Trinajstić information content (AvgIpc) is 2.44. The Morgan fingerprint density at radius 1 is 1.25 bits per heavy atom. The minimum absolute atomic E-state index is 0.00112. The van der Waals surface area contributed by atoms with Gasteiger partial charge in [0.1, 0.15) is 0 Å². The fraction of sp³-hybridized carbons (Fsp3) is 0.533. The highest BCUT2D eigenvalue weighted by molar-refractivity contribution is 5.94. The quantitative estimate of drug-likeness (QED) is 0.681. The molecule has 20 heavy (non-hydrogen) atoms. The summed E-state index contributed by atoms with van der Waals surface area (Å²) in [5.74, 6) is 0.933. The standard InChI is InChI=1S/C15H20N2O3/c1-10-4-3-5-14(11(10)2)16-15(18)12-6-8-13(9-7-12)17(19)20/h6-11,14H,3-5H2,1-2H3,(H,16,18)/t10-,11-,14+/m1/s1. The molecule has 3 atom stereocenters. The Labute approximate surface area is 118 Å². The summed E-state index contributed by atoms with van der Waals surface area (Å²) in [6, 6.07) is 5.93. The maximum Gasteiger partial charge on any atom is 0.269 e. The Balaban J connectivity index is 2.02. The van der Waals surface area contributed by atoms with Gasteiger partial charge in [-0.15, -0.1) is 0 Å². The number of carbonyl (C=O) groups excluding carboxylic acids is 1. The third-order valence-electron chi connectivity index (χ3n) is 4.36. The first-order valence-electron chi connectivity index (χ1n) is 7.04. The number of hydrogen-bond acceptors (Lipinski definition) is 3. The number of rotatable bonds is 3. The lowest BCUT2D eigenvalue weighted by atomic mass is 9.78. The van der Waals surface area contributed by atoms with Crippen LogP contribution in [0.15, 0.2) is 24.3 Å². The van der Waals surface area contributed by atoms with E-state index in [1.807, 2.05) is 0 Å². The summed E-state index contributed by atoms with van der Waals surface area (Å²) in [6.07, 6.45) is 3.35. The van der Waals surface area contributed by atoms with Gasteiger partial charge in [0.15, 0.2) is 0 Å². The highest BCUT2D eigenvalue weighted by Gasteiger charge is 2.28. The number of hydrogen-bond donors (Lipinski definition) is 1. The molecule has 0 saturated heterocycles. The maximum atomic E-state index is 12.2. The van der Waals surface area contributed by atoms with Crippen LogP contribution in [0.2, 0.25) is 0 Å². The lowest BCUT2D eigenvalue weighted by Gasteiger charge is -2.34. The molecule has 1 aliphatic rings. The van der Waals surface area contributed by atoms with Crippen LogP contribution in [0.1, 0.15) is 43.5 Å². The number of nitro groups is 1. The van der Waals surface area contributed by atoms with Gasteiger partial charge in [-0.05, 0) is 30.4 Å². The monoisotopic (exact) mass is 276 g/mol. The second-order valence-corrected chi connectivity index (χ2v) is 5.65. The van der Waals surface area contributed by atoms with Crippen molar-refractivity contribution in [1.29, 1.82) is 0 Å². The molecule has 0 aromatic heterocycles. The van der Waals surface area contributed by atoms with Crippen LogP contribution in [0.4, 0.5) is 5.69 Å². The van der Waals surface area contributed by atoms with E-state index in [1.54, 1.807) is 0 Å². The third-order valence-corrected chi connectivity index (χ3v) is 4.36. The molecular weight excluding hydrogens is 256 g/mol. The number of amides is 1. The van der Waals surface area contributed by atoms with Gasteiger partial charge < -0.3 is 5.32 Å². The molecular formula is C15H20N2O3. The van der Waals surface area contributed by atoms with Crippen molar-refractivity contribution in [2.75, 3.05) is 0 Å². The molecule has 0 radical (unpaired) electrons. The van der Waals surface area contributed by atoms with Crippen LogP contribution >= 0.6 is 0 Å². The van der Waals surface area contributed by atoms with E-state index in [0.29, 0.717) is 17.4 Å². The van der Waals surface area contributed by atoms with Gasteiger partial charge in [0.2, 0.25) is 0 Å². The number of benzene rings is 1. The molecule has 1 saturated carbocycles. The predicted molar refractivity (Wildman–Crippen MR) is 76.5 cm³/mol. The first-order chi connectivity index (χ1) is 9.49. The summed E-state index contributed by atoms with van der Waals surface area (Å²) in [7, 11) is 0. The summed E-state index contributed by atoms with van der Waals surface area (Å²) in [5, 5.41) is 13.6. The zero-order chi connectivity index (χ0) is 14.7. The SMILES string of the molecule is C[C@@H]1[C@H](C)CCC[C@@H]1NC(=O)c1ccc([N+](=O)[O-])cc1. The van der Waals surface area contributed by atoms with Gasteiger partial charge in [0.05, 0.1) is 4.92 Å². The maximum absolute atomic E-state index is 12.2. The molecule has 1 aromatic carbocycles. The minimum atomic E-state index is -0.466. The fourth-order valence-corrected chi connectivity index (χ4v) is 2.77. The lowest BCUT2D eigenvalue weighted by molar-refractivity contribution is -0.384. The molecule has 1 amide bonds. The number of non-ortho nitro benzene ring substituents is 1. The normalized spacial score (nSPS) is 26.0. The van der Waals surface area contributed by atoms with E-state index in [-0.39, 0.29) is 17.6 Å². The topological polar surface area (TPSA) is 72.2 Å². The highest BCUT2D eigenvalue weighted by Crippen LogP contribution is 2.29. The zero-order valence-electron chi connectivity index (χ0n) is 11.8. The number of nitrogens with one attached hydrogen (secondary N) is 1. The van der Waals surface area contributed by atoms with Gasteiger partial charge in [0, 0.05) is 23.7 Å². The molecule has 1 aromatic rings. The van der Waals surface area contributed by atoms with Gasteiger partial charge >= 0.3 is 0 Å². The molecule has 108 valence electrons. The van der Waals surface area contributed by atoms with Crippen molar-refractivity contribution in [3.8, 4) is 0 Å². The van der Waals surface area contributed by atoms with Gasteiger partial charge in [-0.2, -0.15) is 0 Å². The van der Waals surface area contributed by atoms with Crippen molar-refractivity contribution in [3.63, 3.8) is 0 Å². The van der Waals surface area contributed by atoms with E-state index in [9.17, 15) is 14.9 Å².